The molecule has 0 aliphatic carbocycles. The third-order valence-corrected chi connectivity index (χ3v) is 2.34. The van der Waals surface area contributed by atoms with Crippen LogP contribution in [0.2, 0.25) is 0 Å². The molecule has 16 heavy (non-hydrogen) atoms. The van der Waals surface area contributed by atoms with Gasteiger partial charge in [-0.05, 0) is 37.4 Å². The number of hydrogen-bond donors (Lipinski definition) is 1. The van der Waals surface area contributed by atoms with Crippen LogP contribution in [0.25, 0.3) is 5.69 Å². The van der Waals surface area contributed by atoms with Crippen molar-refractivity contribution in [3.8, 4) is 11.4 Å². The van der Waals surface area contributed by atoms with Crippen LogP contribution in [0.5, 0.6) is 5.75 Å². The van der Waals surface area contributed by atoms with E-state index in [0.29, 0.717) is 0 Å². The fraction of sp³-hybridized carbons (Fsp3) is 0.250. The van der Waals surface area contributed by atoms with Crippen molar-refractivity contribution in [1.82, 2.24) is 15.1 Å². The average Bonchev–Trinajstić information content (AvgIpc) is 2.78. The van der Waals surface area contributed by atoms with Gasteiger partial charge in [-0.2, -0.15) is 5.10 Å². The molecule has 0 bridgehead atoms. The second-order valence-corrected chi connectivity index (χ2v) is 3.48. The highest BCUT2D eigenvalue weighted by Crippen LogP contribution is 2.14. The molecular formula is C12H15N3O. The summed E-state index contributed by atoms with van der Waals surface area (Å²) in [5.74, 6) is 0.853. The molecular weight excluding hydrogens is 202 g/mol. The zero-order valence-corrected chi connectivity index (χ0v) is 9.47. The van der Waals surface area contributed by atoms with Crippen LogP contribution in [0.15, 0.2) is 36.5 Å². The third kappa shape index (κ3) is 2.23. The Balaban J connectivity index is 2.21. The normalized spacial score (nSPS) is 10.4. The number of rotatable bonds is 4. The summed E-state index contributed by atoms with van der Waals surface area (Å²) >= 11 is 0. The van der Waals surface area contributed by atoms with E-state index < -0.39 is 0 Å². The average molecular weight is 217 g/mol. The molecule has 2 aromatic rings. The Kier molecular flexibility index (Phi) is 3.22. The van der Waals surface area contributed by atoms with Gasteiger partial charge in [0.2, 0.25) is 0 Å². The van der Waals surface area contributed by atoms with Gasteiger partial charge >= 0.3 is 0 Å². The Morgan fingerprint density at radius 2 is 2.00 bits per heavy atom. The van der Waals surface area contributed by atoms with Crippen molar-refractivity contribution in [1.29, 1.82) is 0 Å². The first kappa shape index (κ1) is 10.7. The molecule has 0 saturated carbocycles. The highest BCUT2D eigenvalue weighted by Gasteiger charge is 2.00. The summed E-state index contributed by atoms with van der Waals surface area (Å²) < 4.78 is 6.96. The fourth-order valence-electron chi connectivity index (χ4n) is 1.52. The van der Waals surface area contributed by atoms with Gasteiger partial charge in [0.05, 0.1) is 18.5 Å². The summed E-state index contributed by atoms with van der Waals surface area (Å²) in [6.07, 6.45) is 1.95. The Hall–Kier alpha value is -1.81. The summed E-state index contributed by atoms with van der Waals surface area (Å²) in [7, 11) is 3.57. The lowest BCUT2D eigenvalue weighted by Gasteiger charge is -2.03. The highest BCUT2D eigenvalue weighted by molar-refractivity contribution is 5.36. The van der Waals surface area contributed by atoms with Crippen LogP contribution in [-0.2, 0) is 6.54 Å². The molecule has 4 heteroatoms. The van der Waals surface area contributed by atoms with Crippen molar-refractivity contribution >= 4 is 0 Å². The van der Waals surface area contributed by atoms with E-state index in [2.05, 4.69) is 10.4 Å². The third-order valence-electron chi connectivity index (χ3n) is 2.34. The zero-order chi connectivity index (χ0) is 11.4. The predicted octanol–water partition coefficient (Wildman–Crippen LogP) is 1.60. The maximum absolute atomic E-state index is 5.11. The number of benzene rings is 1. The molecule has 0 radical (unpaired) electrons. The smallest absolute Gasteiger partial charge is 0.119 e. The molecule has 84 valence electrons. The Morgan fingerprint density at radius 3 is 2.62 bits per heavy atom. The number of hydrogen-bond acceptors (Lipinski definition) is 3. The van der Waals surface area contributed by atoms with E-state index in [0.717, 1.165) is 23.7 Å². The minimum Gasteiger partial charge on any atom is -0.497 e. The molecule has 1 aromatic carbocycles. The minimum atomic E-state index is 0.781. The van der Waals surface area contributed by atoms with Crippen LogP contribution in [0, 0.1) is 0 Å². The van der Waals surface area contributed by atoms with Crippen molar-refractivity contribution in [2.24, 2.45) is 0 Å². The first-order valence-electron chi connectivity index (χ1n) is 5.17. The fourth-order valence-corrected chi connectivity index (χ4v) is 1.52. The molecule has 4 nitrogen and oxygen atoms in total. The number of nitrogens with zero attached hydrogens (tertiary/aromatic N) is 2. The molecule has 1 heterocycles. The summed E-state index contributed by atoms with van der Waals surface area (Å²) in [6.45, 7) is 0.781. The Labute approximate surface area is 94.9 Å². The van der Waals surface area contributed by atoms with Gasteiger partial charge in [-0.3, -0.25) is 0 Å². The lowest BCUT2D eigenvalue weighted by Crippen LogP contribution is -2.06. The van der Waals surface area contributed by atoms with Gasteiger partial charge in [0.1, 0.15) is 5.75 Å². The standard InChI is InChI=1S/C12H15N3O/c1-13-9-10-7-8-15(14-10)11-3-5-12(16-2)6-4-11/h3-8,13H,9H2,1-2H3. The van der Waals surface area contributed by atoms with Crippen LogP contribution < -0.4 is 10.1 Å². The van der Waals surface area contributed by atoms with E-state index in [1.165, 1.54) is 0 Å². The Morgan fingerprint density at radius 1 is 1.25 bits per heavy atom. The molecule has 0 atom stereocenters. The molecule has 1 N–H and O–H groups in total. The van der Waals surface area contributed by atoms with E-state index in [9.17, 15) is 0 Å². The summed E-state index contributed by atoms with van der Waals surface area (Å²) in [6, 6.07) is 9.81. The number of nitrogens with one attached hydrogen (secondary N) is 1. The van der Waals surface area contributed by atoms with Crippen LogP contribution in [0.4, 0.5) is 0 Å². The van der Waals surface area contributed by atoms with Gasteiger partial charge in [0.25, 0.3) is 0 Å². The summed E-state index contributed by atoms with van der Waals surface area (Å²) in [5.41, 5.74) is 2.06. The van der Waals surface area contributed by atoms with Crippen molar-refractivity contribution in [2.45, 2.75) is 6.54 Å². The molecule has 0 amide bonds. The van der Waals surface area contributed by atoms with Crippen LogP contribution >= 0.6 is 0 Å². The molecule has 0 fully saturated rings. The van der Waals surface area contributed by atoms with Gasteiger partial charge < -0.3 is 10.1 Å². The van der Waals surface area contributed by atoms with Crippen LogP contribution in [0.3, 0.4) is 0 Å². The molecule has 1 aromatic heterocycles. The highest BCUT2D eigenvalue weighted by atomic mass is 16.5. The maximum atomic E-state index is 5.11. The van der Waals surface area contributed by atoms with Crippen LogP contribution in [-0.4, -0.2) is 23.9 Å². The van der Waals surface area contributed by atoms with E-state index in [1.807, 2.05) is 48.3 Å². The first-order valence-corrected chi connectivity index (χ1v) is 5.17. The first-order chi connectivity index (χ1) is 7.83. The minimum absolute atomic E-state index is 0.781. The largest absolute Gasteiger partial charge is 0.497 e. The van der Waals surface area contributed by atoms with Gasteiger partial charge in [-0.1, -0.05) is 0 Å². The van der Waals surface area contributed by atoms with Gasteiger partial charge in [-0.15, -0.1) is 0 Å². The lowest BCUT2D eigenvalue weighted by molar-refractivity contribution is 0.414. The number of ether oxygens (including phenoxy) is 1. The van der Waals surface area contributed by atoms with Crippen molar-refractivity contribution < 1.29 is 4.74 Å². The van der Waals surface area contributed by atoms with Gasteiger partial charge in [-0.25, -0.2) is 4.68 Å². The van der Waals surface area contributed by atoms with Crippen LogP contribution in [0.1, 0.15) is 5.69 Å². The molecule has 0 aliphatic heterocycles. The molecule has 2 rings (SSSR count). The lowest BCUT2D eigenvalue weighted by atomic mass is 10.3. The monoisotopic (exact) mass is 217 g/mol. The van der Waals surface area contributed by atoms with Crippen molar-refractivity contribution in [3.63, 3.8) is 0 Å². The zero-order valence-electron chi connectivity index (χ0n) is 9.47. The molecule has 0 spiro atoms. The quantitative estimate of drug-likeness (QED) is 0.845. The van der Waals surface area contributed by atoms with E-state index >= 15 is 0 Å². The van der Waals surface area contributed by atoms with E-state index in [1.54, 1.807) is 7.11 Å². The topological polar surface area (TPSA) is 39.1 Å². The van der Waals surface area contributed by atoms with E-state index in [4.69, 9.17) is 4.74 Å². The van der Waals surface area contributed by atoms with E-state index in [-0.39, 0.29) is 0 Å². The Bertz CT molecular complexity index is 448. The number of methoxy groups -OCH3 is 1. The summed E-state index contributed by atoms with van der Waals surface area (Å²) in [4.78, 5) is 0. The molecule has 0 aliphatic rings. The second kappa shape index (κ2) is 4.81. The van der Waals surface area contributed by atoms with Crippen molar-refractivity contribution in [3.05, 3.63) is 42.2 Å². The predicted molar refractivity (Wildman–Crippen MR) is 62.9 cm³/mol. The second-order valence-electron chi connectivity index (χ2n) is 3.48. The van der Waals surface area contributed by atoms with Crippen molar-refractivity contribution in [2.75, 3.05) is 14.2 Å². The van der Waals surface area contributed by atoms with Gasteiger partial charge in [0.15, 0.2) is 0 Å². The maximum Gasteiger partial charge on any atom is 0.119 e. The van der Waals surface area contributed by atoms with Gasteiger partial charge in [0, 0.05) is 12.7 Å². The molecule has 0 saturated heterocycles. The SMILES string of the molecule is CNCc1ccn(-c2ccc(OC)cc2)n1. The molecule has 0 unspecified atom stereocenters. The summed E-state index contributed by atoms with van der Waals surface area (Å²) in [5, 5.41) is 7.51. The number of aromatic nitrogens is 2.